The van der Waals surface area contributed by atoms with Gasteiger partial charge in [-0.25, -0.2) is 9.97 Å². The molecule has 3 heterocycles. The Balaban J connectivity index is 1.29. The SMILES string of the molecule is N#Cc1ccc(N2CCC(C3CCN(c4ncc(Br)cn4)CC3)CC2)cc1Cl. The van der Waals surface area contributed by atoms with Gasteiger partial charge in [-0.1, -0.05) is 11.6 Å². The lowest BCUT2D eigenvalue weighted by Gasteiger charge is -2.41. The molecule has 2 fully saturated rings. The van der Waals surface area contributed by atoms with Gasteiger partial charge in [0.05, 0.1) is 15.1 Å². The van der Waals surface area contributed by atoms with E-state index in [-0.39, 0.29) is 0 Å². The van der Waals surface area contributed by atoms with Crippen LogP contribution in [0.3, 0.4) is 0 Å². The molecule has 0 N–H and O–H groups in total. The molecule has 2 aliphatic heterocycles. The van der Waals surface area contributed by atoms with Gasteiger partial charge in [0.1, 0.15) is 6.07 Å². The Morgan fingerprint density at radius 2 is 1.54 bits per heavy atom. The molecule has 7 heteroatoms. The van der Waals surface area contributed by atoms with Crippen molar-refractivity contribution in [2.24, 2.45) is 11.8 Å². The number of anilines is 2. The molecule has 0 atom stereocenters. The maximum atomic E-state index is 9.04. The zero-order valence-corrected chi connectivity index (χ0v) is 18.0. The summed E-state index contributed by atoms with van der Waals surface area (Å²) in [6.45, 7) is 4.20. The van der Waals surface area contributed by atoms with E-state index in [1.807, 2.05) is 30.6 Å². The second kappa shape index (κ2) is 8.67. The first-order valence-corrected chi connectivity index (χ1v) is 11.0. The molecule has 4 rings (SSSR count). The van der Waals surface area contributed by atoms with Crippen LogP contribution in [0.15, 0.2) is 35.1 Å². The number of hydrogen-bond donors (Lipinski definition) is 0. The van der Waals surface area contributed by atoms with E-state index < -0.39 is 0 Å². The van der Waals surface area contributed by atoms with Crippen LogP contribution < -0.4 is 9.80 Å². The number of halogens is 2. The fourth-order valence-electron chi connectivity index (χ4n) is 4.46. The van der Waals surface area contributed by atoms with Crippen molar-refractivity contribution < 1.29 is 0 Å². The molecule has 5 nitrogen and oxygen atoms in total. The molecule has 2 saturated heterocycles. The Morgan fingerprint density at radius 3 is 2.07 bits per heavy atom. The Kier molecular flexibility index (Phi) is 6.03. The molecule has 2 aromatic rings. The Hall–Kier alpha value is -1.84. The third-order valence-electron chi connectivity index (χ3n) is 6.07. The van der Waals surface area contributed by atoms with Gasteiger partial charge in [0.25, 0.3) is 0 Å². The van der Waals surface area contributed by atoms with Gasteiger partial charge in [0, 0.05) is 44.3 Å². The van der Waals surface area contributed by atoms with Crippen molar-refractivity contribution in [1.29, 1.82) is 5.26 Å². The number of hydrogen-bond acceptors (Lipinski definition) is 5. The number of aromatic nitrogens is 2. The lowest BCUT2D eigenvalue weighted by Crippen LogP contribution is -2.41. The first-order valence-electron chi connectivity index (χ1n) is 9.81. The maximum absolute atomic E-state index is 9.04. The van der Waals surface area contributed by atoms with Crippen molar-refractivity contribution in [3.8, 4) is 6.07 Å². The van der Waals surface area contributed by atoms with E-state index in [9.17, 15) is 0 Å². The number of piperidine rings is 2. The highest BCUT2D eigenvalue weighted by Crippen LogP contribution is 2.35. The van der Waals surface area contributed by atoms with Crippen molar-refractivity contribution in [3.05, 3.63) is 45.7 Å². The summed E-state index contributed by atoms with van der Waals surface area (Å²) in [6, 6.07) is 7.89. The lowest BCUT2D eigenvalue weighted by molar-refractivity contribution is 0.232. The van der Waals surface area contributed by atoms with E-state index in [0.29, 0.717) is 10.6 Å². The summed E-state index contributed by atoms with van der Waals surface area (Å²) in [6.07, 6.45) is 8.51. The molecule has 146 valence electrons. The number of nitriles is 1. The molecule has 28 heavy (non-hydrogen) atoms. The summed E-state index contributed by atoms with van der Waals surface area (Å²) in [5.41, 5.74) is 1.67. The van der Waals surface area contributed by atoms with Crippen LogP contribution in [0.1, 0.15) is 31.2 Å². The van der Waals surface area contributed by atoms with Gasteiger partial charge in [0.2, 0.25) is 5.95 Å². The largest absolute Gasteiger partial charge is 0.371 e. The van der Waals surface area contributed by atoms with Crippen LogP contribution in [0.4, 0.5) is 11.6 Å². The van der Waals surface area contributed by atoms with Crippen molar-refractivity contribution in [1.82, 2.24) is 9.97 Å². The maximum Gasteiger partial charge on any atom is 0.225 e. The first-order chi connectivity index (χ1) is 13.6. The summed E-state index contributed by atoms with van der Waals surface area (Å²) < 4.78 is 0.918. The van der Waals surface area contributed by atoms with Crippen LogP contribution in [0.5, 0.6) is 0 Å². The average Bonchev–Trinajstić information content (AvgIpc) is 2.74. The zero-order valence-electron chi connectivity index (χ0n) is 15.7. The summed E-state index contributed by atoms with van der Waals surface area (Å²) >= 11 is 9.60. The normalized spacial score (nSPS) is 18.9. The lowest BCUT2D eigenvalue weighted by atomic mass is 9.79. The summed E-state index contributed by atoms with van der Waals surface area (Å²) in [5.74, 6) is 2.42. The van der Waals surface area contributed by atoms with E-state index in [1.165, 1.54) is 25.7 Å². The molecule has 2 aliphatic rings. The van der Waals surface area contributed by atoms with E-state index in [0.717, 1.165) is 54.1 Å². The Morgan fingerprint density at radius 1 is 0.964 bits per heavy atom. The molecule has 0 bridgehead atoms. The van der Waals surface area contributed by atoms with Gasteiger partial charge in [-0.2, -0.15) is 5.26 Å². The van der Waals surface area contributed by atoms with Gasteiger partial charge < -0.3 is 9.80 Å². The zero-order chi connectivity index (χ0) is 19.5. The van der Waals surface area contributed by atoms with Crippen molar-refractivity contribution in [2.45, 2.75) is 25.7 Å². The van der Waals surface area contributed by atoms with E-state index in [4.69, 9.17) is 16.9 Å². The standard InChI is InChI=1S/C21H23BrClN5/c22-18-13-25-21(26-14-18)28-9-5-16(6-10-28)15-3-7-27(8-4-15)19-2-1-17(12-24)20(23)11-19/h1-2,11,13-16H,3-10H2. The van der Waals surface area contributed by atoms with Crippen LogP contribution in [0.25, 0.3) is 0 Å². The molecule has 0 saturated carbocycles. The van der Waals surface area contributed by atoms with Gasteiger partial charge >= 0.3 is 0 Å². The second-order valence-electron chi connectivity index (χ2n) is 7.63. The highest BCUT2D eigenvalue weighted by Gasteiger charge is 2.30. The molecular formula is C21H23BrClN5. The highest BCUT2D eigenvalue weighted by atomic mass is 79.9. The minimum absolute atomic E-state index is 0.543. The Labute approximate surface area is 179 Å². The fraction of sp³-hybridized carbons (Fsp3) is 0.476. The molecular weight excluding hydrogens is 438 g/mol. The third-order valence-corrected chi connectivity index (χ3v) is 6.80. The number of benzene rings is 1. The minimum atomic E-state index is 0.543. The number of nitrogens with zero attached hydrogens (tertiary/aromatic N) is 5. The monoisotopic (exact) mass is 459 g/mol. The van der Waals surface area contributed by atoms with Crippen LogP contribution in [-0.4, -0.2) is 36.1 Å². The molecule has 0 aliphatic carbocycles. The van der Waals surface area contributed by atoms with E-state index >= 15 is 0 Å². The first kappa shape index (κ1) is 19.5. The molecule has 0 spiro atoms. The van der Waals surface area contributed by atoms with Crippen LogP contribution in [0.2, 0.25) is 5.02 Å². The summed E-state index contributed by atoms with van der Waals surface area (Å²) in [7, 11) is 0. The molecule has 0 radical (unpaired) electrons. The van der Waals surface area contributed by atoms with Crippen LogP contribution >= 0.6 is 27.5 Å². The predicted octanol–water partition coefficient (Wildman–Crippen LogP) is 4.90. The quantitative estimate of drug-likeness (QED) is 0.652. The second-order valence-corrected chi connectivity index (χ2v) is 8.95. The topological polar surface area (TPSA) is 56.1 Å². The molecule has 0 amide bonds. The number of rotatable bonds is 3. The van der Waals surface area contributed by atoms with Crippen molar-refractivity contribution in [2.75, 3.05) is 36.0 Å². The summed E-state index contributed by atoms with van der Waals surface area (Å²) in [4.78, 5) is 13.6. The van der Waals surface area contributed by atoms with Crippen molar-refractivity contribution in [3.63, 3.8) is 0 Å². The smallest absolute Gasteiger partial charge is 0.225 e. The predicted molar refractivity (Wildman–Crippen MR) is 116 cm³/mol. The molecule has 1 aromatic heterocycles. The van der Waals surface area contributed by atoms with Gasteiger partial charge in [-0.05, 0) is 71.6 Å². The highest BCUT2D eigenvalue weighted by molar-refractivity contribution is 9.10. The van der Waals surface area contributed by atoms with Gasteiger partial charge in [-0.15, -0.1) is 0 Å². The van der Waals surface area contributed by atoms with Gasteiger partial charge in [-0.3, -0.25) is 0 Å². The van der Waals surface area contributed by atoms with E-state index in [2.05, 4.69) is 41.8 Å². The minimum Gasteiger partial charge on any atom is -0.371 e. The van der Waals surface area contributed by atoms with Crippen LogP contribution in [-0.2, 0) is 0 Å². The molecule has 0 unspecified atom stereocenters. The van der Waals surface area contributed by atoms with Crippen molar-refractivity contribution >= 4 is 39.2 Å². The van der Waals surface area contributed by atoms with Crippen LogP contribution in [0, 0.1) is 23.2 Å². The van der Waals surface area contributed by atoms with E-state index in [1.54, 1.807) is 0 Å². The average molecular weight is 461 g/mol. The molecule has 1 aromatic carbocycles. The fourth-order valence-corrected chi connectivity index (χ4v) is 4.88. The Bertz CT molecular complexity index is 850. The third kappa shape index (κ3) is 4.26. The summed E-state index contributed by atoms with van der Waals surface area (Å²) in [5, 5.41) is 9.59. The van der Waals surface area contributed by atoms with Gasteiger partial charge in [0.15, 0.2) is 0 Å².